The van der Waals surface area contributed by atoms with Crippen LogP contribution in [0.3, 0.4) is 0 Å². The van der Waals surface area contributed by atoms with E-state index in [1.54, 1.807) is 6.20 Å². The van der Waals surface area contributed by atoms with Crippen LogP contribution in [0, 0.1) is 0 Å². The maximum absolute atomic E-state index is 12.8. The molecule has 0 unspecified atom stereocenters. The SMILES string of the molecule is O=C(Cc1ccc(NC(=O)N(Cc2ccccn2)C2CC2)cc1)N1CCSCC1. The van der Waals surface area contributed by atoms with Crippen molar-refractivity contribution in [2.75, 3.05) is 29.9 Å². The molecule has 1 aromatic carbocycles. The summed E-state index contributed by atoms with van der Waals surface area (Å²) in [5.74, 6) is 2.22. The minimum Gasteiger partial charge on any atom is -0.341 e. The standard InChI is InChI=1S/C22H26N4O2S/c27-21(25-11-13-29-14-12-25)15-17-4-6-18(7-5-17)24-22(28)26(20-8-9-20)16-19-3-1-2-10-23-19/h1-7,10,20H,8-9,11-16H2,(H,24,28). The quantitative estimate of drug-likeness (QED) is 0.793. The average molecular weight is 411 g/mol. The molecule has 0 atom stereocenters. The molecule has 0 spiro atoms. The molecular weight excluding hydrogens is 384 g/mol. The number of urea groups is 1. The van der Waals surface area contributed by atoms with Crippen LogP contribution in [-0.4, -0.2) is 57.4 Å². The molecule has 0 bridgehead atoms. The fourth-order valence-corrected chi connectivity index (χ4v) is 4.32. The van der Waals surface area contributed by atoms with Gasteiger partial charge in [0.25, 0.3) is 0 Å². The Labute approximate surface area is 175 Å². The fraction of sp³-hybridized carbons (Fsp3) is 0.409. The van der Waals surface area contributed by atoms with E-state index in [4.69, 9.17) is 0 Å². The summed E-state index contributed by atoms with van der Waals surface area (Å²) in [4.78, 5) is 33.3. The molecule has 6 nitrogen and oxygen atoms in total. The highest BCUT2D eigenvalue weighted by Gasteiger charge is 2.33. The maximum Gasteiger partial charge on any atom is 0.322 e. The highest BCUT2D eigenvalue weighted by atomic mass is 32.2. The molecule has 1 aliphatic heterocycles. The van der Waals surface area contributed by atoms with Crippen LogP contribution < -0.4 is 5.32 Å². The molecular formula is C22H26N4O2S. The zero-order valence-electron chi connectivity index (χ0n) is 16.4. The summed E-state index contributed by atoms with van der Waals surface area (Å²) in [7, 11) is 0. The number of thioether (sulfide) groups is 1. The third kappa shape index (κ3) is 5.50. The topological polar surface area (TPSA) is 65.5 Å². The first-order chi connectivity index (χ1) is 14.2. The van der Waals surface area contributed by atoms with Crippen molar-refractivity contribution in [3.63, 3.8) is 0 Å². The summed E-state index contributed by atoms with van der Waals surface area (Å²) in [6.45, 7) is 2.19. The van der Waals surface area contributed by atoms with Crippen LogP contribution in [0.25, 0.3) is 0 Å². The Morgan fingerprint density at radius 1 is 1.10 bits per heavy atom. The lowest BCUT2D eigenvalue weighted by Gasteiger charge is -2.26. The van der Waals surface area contributed by atoms with Crippen LogP contribution in [0.1, 0.15) is 24.1 Å². The number of carbonyl (C=O) groups is 2. The number of carbonyl (C=O) groups excluding carboxylic acids is 2. The Balaban J connectivity index is 1.33. The Kier molecular flexibility index (Phi) is 6.34. The molecule has 2 aromatic rings. The number of rotatable bonds is 6. The first-order valence-electron chi connectivity index (χ1n) is 10.1. The molecule has 4 rings (SSSR count). The van der Waals surface area contributed by atoms with Crippen molar-refractivity contribution in [3.05, 3.63) is 59.9 Å². The molecule has 152 valence electrons. The molecule has 7 heteroatoms. The van der Waals surface area contributed by atoms with Crippen LogP contribution in [0.5, 0.6) is 0 Å². The number of hydrogen-bond donors (Lipinski definition) is 1. The third-order valence-electron chi connectivity index (χ3n) is 5.23. The lowest BCUT2D eigenvalue weighted by Crippen LogP contribution is -2.38. The molecule has 2 heterocycles. The minimum atomic E-state index is -0.104. The van der Waals surface area contributed by atoms with E-state index in [1.807, 2.05) is 64.0 Å². The number of hydrogen-bond acceptors (Lipinski definition) is 4. The van der Waals surface area contributed by atoms with Crippen molar-refractivity contribution >= 4 is 29.4 Å². The van der Waals surface area contributed by atoms with E-state index in [-0.39, 0.29) is 18.0 Å². The van der Waals surface area contributed by atoms with Crippen molar-refractivity contribution in [2.45, 2.75) is 31.8 Å². The monoisotopic (exact) mass is 410 g/mol. The maximum atomic E-state index is 12.8. The summed E-state index contributed by atoms with van der Waals surface area (Å²) in [5, 5.41) is 2.99. The Morgan fingerprint density at radius 2 is 1.86 bits per heavy atom. The van der Waals surface area contributed by atoms with E-state index in [2.05, 4.69) is 10.3 Å². The summed E-state index contributed by atoms with van der Waals surface area (Å²) in [6.07, 6.45) is 4.24. The van der Waals surface area contributed by atoms with Crippen LogP contribution >= 0.6 is 11.8 Å². The van der Waals surface area contributed by atoms with Crippen molar-refractivity contribution in [3.8, 4) is 0 Å². The van der Waals surface area contributed by atoms with E-state index >= 15 is 0 Å². The van der Waals surface area contributed by atoms with Crippen molar-refractivity contribution in [2.24, 2.45) is 0 Å². The van der Waals surface area contributed by atoms with Crippen LogP contribution in [0.2, 0.25) is 0 Å². The van der Waals surface area contributed by atoms with Gasteiger partial charge < -0.3 is 15.1 Å². The molecule has 1 aliphatic carbocycles. The average Bonchev–Trinajstić information content (AvgIpc) is 3.60. The van der Waals surface area contributed by atoms with Gasteiger partial charge in [-0.1, -0.05) is 18.2 Å². The van der Waals surface area contributed by atoms with Crippen LogP contribution in [-0.2, 0) is 17.8 Å². The second-order valence-corrected chi connectivity index (χ2v) is 8.70. The largest absolute Gasteiger partial charge is 0.341 e. The molecule has 2 fully saturated rings. The predicted octanol–water partition coefficient (Wildman–Crippen LogP) is 3.40. The van der Waals surface area contributed by atoms with E-state index in [0.717, 1.165) is 54.4 Å². The highest BCUT2D eigenvalue weighted by molar-refractivity contribution is 7.99. The normalized spacial score (nSPS) is 16.3. The third-order valence-corrected chi connectivity index (χ3v) is 6.17. The smallest absolute Gasteiger partial charge is 0.322 e. The number of nitrogens with zero attached hydrogens (tertiary/aromatic N) is 3. The van der Waals surface area contributed by atoms with E-state index in [1.165, 1.54) is 0 Å². The molecule has 29 heavy (non-hydrogen) atoms. The molecule has 1 N–H and O–H groups in total. The Hall–Kier alpha value is -2.54. The second-order valence-electron chi connectivity index (χ2n) is 7.48. The van der Waals surface area contributed by atoms with Gasteiger partial charge in [0, 0.05) is 42.5 Å². The van der Waals surface area contributed by atoms with Gasteiger partial charge in [-0.15, -0.1) is 0 Å². The molecule has 1 saturated heterocycles. The predicted molar refractivity (Wildman–Crippen MR) is 116 cm³/mol. The summed E-state index contributed by atoms with van der Waals surface area (Å²) < 4.78 is 0. The zero-order chi connectivity index (χ0) is 20.1. The van der Waals surface area contributed by atoms with Gasteiger partial charge >= 0.3 is 6.03 Å². The van der Waals surface area contributed by atoms with Crippen molar-refractivity contribution < 1.29 is 9.59 Å². The van der Waals surface area contributed by atoms with Gasteiger partial charge in [0.1, 0.15) is 0 Å². The molecule has 1 saturated carbocycles. The van der Waals surface area contributed by atoms with Crippen LogP contribution in [0.4, 0.5) is 10.5 Å². The molecule has 3 amide bonds. The minimum absolute atomic E-state index is 0.104. The number of aromatic nitrogens is 1. The van der Waals surface area contributed by atoms with Gasteiger partial charge in [-0.25, -0.2) is 4.79 Å². The number of amides is 3. The number of nitrogens with one attached hydrogen (secondary N) is 1. The zero-order valence-corrected chi connectivity index (χ0v) is 17.2. The van der Waals surface area contributed by atoms with Crippen molar-refractivity contribution in [1.82, 2.24) is 14.8 Å². The first kappa shape index (κ1) is 19.8. The van der Waals surface area contributed by atoms with Gasteiger partial charge in [-0.05, 0) is 42.7 Å². The summed E-state index contributed by atoms with van der Waals surface area (Å²) in [6, 6.07) is 13.5. The van der Waals surface area contributed by atoms with Gasteiger partial charge in [0.05, 0.1) is 18.7 Å². The van der Waals surface area contributed by atoms with Crippen molar-refractivity contribution in [1.29, 1.82) is 0 Å². The van der Waals surface area contributed by atoms with E-state index in [0.29, 0.717) is 13.0 Å². The van der Waals surface area contributed by atoms with E-state index < -0.39 is 0 Å². The fourth-order valence-electron chi connectivity index (χ4n) is 3.42. The lowest BCUT2D eigenvalue weighted by molar-refractivity contribution is -0.130. The second kappa shape index (κ2) is 9.31. The number of pyridine rings is 1. The van der Waals surface area contributed by atoms with E-state index in [9.17, 15) is 9.59 Å². The number of anilines is 1. The van der Waals surface area contributed by atoms with Gasteiger partial charge in [-0.3, -0.25) is 9.78 Å². The first-order valence-corrected chi connectivity index (χ1v) is 11.3. The van der Waals surface area contributed by atoms with Gasteiger partial charge in [0.2, 0.25) is 5.91 Å². The summed E-state index contributed by atoms with van der Waals surface area (Å²) in [5.41, 5.74) is 2.60. The number of benzene rings is 1. The summed E-state index contributed by atoms with van der Waals surface area (Å²) >= 11 is 1.90. The van der Waals surface area contributed by atoms with Crippen LogP contribution in [0.15, 0.2) is 48.7 Å². The van der Waals surface area contributed by atoms with Gasteiger partial charge in [0.15, 0.2) is 0 Å². The molecule has 1 aromatic heterocycles. The van der Waals surface area contributed by atoms with Gasteiger partial charge in [-0.2, -0.15) is 11.8 Å². The Bertz CT molecular complexity index is 834. The molecule has 2 aliphatic rings. The molecule has 0 radical (unpaired) electrons. The Morgan fingerprint density at radius 3 is 2.52 bits per heavy atom. The highest BCUT2D eigenvalue weighted by Crippen LogP contribution is 2.29. The lowest BCUT2D eigenvalue weighted by atomic mass is 10.1.